The zero-order valence-electron chi connectivity index (χ0n) is 15.1. The number of thioether (sulfide) groups is 1. The molecule has 6 heteroatoms. The number of amides is 2. The molecule has 0 radical (unpaired) electrons. The van der Waals surface area contributed by atoms with E-state index in [1.165, 1.54) is 4.90 Å². The highest BCUT2D eigenvalue weighted by Gasteiger charge is 2.20. The summed E-state index contributed by atoms with van der Waals surface area (Å²) in [5.74, 6) is -0.382. The van der Waals surface area contributed by atoms with Gasteiger partial charge in [0.25, 0.3) is 0 Å². The molecule has 134 valence electrons. The number of aliphatic hydroxyl groups excluding tert-OH is 1. The maximum Gasteiger partial charge on any atom is 0.313 e. The first-order chi connectivity index (χ1) is 11.2. The van der Waals surface area contributed by atoms with Gasteiger partial charge in [0.1, 0.15) is 0 Å². The number of aliphatic hydroxyl groups is 1. The zero-order chi connectivity index (χ0) is 18.3. The van der Waals surface area contributed by atoms with Crippen LogP contribution in [0.1, 0.15) is 38.3 Å². The van der Waals surface area contributed by atoms with Crippen LogP contribution in [0.25, 0.3) is 0 Å². The van der Waals surface area contributed by atoms with Gasteiger partial charge >= 0.3 is 11.8 Å². The fourth-order valence-electron chi connectivity index (χ4n) is 2.06. The van der Waals surface area contributed by atoms with Crippen LogP contribution in [-0.4, -0.2) is 46.8 Å². The highest BCUT2D eigenvalue weighted by Crippen LogP contribution is 2.24. The van der Waals surface area contributed by atoms with Gasteiger partial charge in [0.05, 0.1) is 6.10 Å². The molecule has 1 rings (SSSR count). The van der Waals surface area contributed by atoms with Crippen LogP contribution >= 0.6 is 11.8 Å². The minimum absolute atomic E-state index is 0.341. The number of carbonyl (C=O) groups is 2. The van der Waals surface area contributed by atoms with Crippen LogP contribution in [0, 0.1) is 6.92 Å². The van der Waals surface area contributed by atoms with Crippen LogP contribution in [0.2, 0.25) is 0 Å². The molecule has 1 aromatic carbocycles. The van der Waals surface area contributed by atoms with E-state index in [1.807, 2.05) is 30.8 Å². The Morgan fingerprint density at radius 2 is 1.96 bits per heavy atom. The first kappa shape index (κ1) is 20.5. The molecule has 1 aromatic rings. The summed E-state index contributed by atoms with van der Waals surface area (Å²) in [6.45, 7) is 8.24. The quantitative estimate of drug-likeness (QED) is 0.741. The highest BCUT2D eigenvalue weighted by molar-refractivity contribution is 7.99. The lowest BCUT2D eigenvalue weighted by molar-refractivity contribution is -0.142. The summed E-state index contributed by atoms with van der Waals surface area (Å²) in [6.07, 6.45) is -0.0584. The van der Waals surface area contributed by atoms with E-state index in [0.29, 0.717) is 23.9 Å². The lowest BCUT2D eigenvalue weighted by Crippen LogP contribution is -2.38. The fraction of sp³-hybridized carbons (Fsp3) is 0.556. The molecule has 0 saturated heterocycles. The predicted octanol–water partition coefficient (Wildman–Crippen LogP) is 2.80. The van der Waals surface area contributed by atoms with E-state index in [2.05, 4.69) is 19.2 Å². The Hall–Kier alpha value is -1.53. The molecular formula is C18H28N2O3S. The van der Waals surface area contributed by atoms with Crippen LogP contribution in [0.3, 0.4) is 0 Å². The number of benzene rings is 1. The molecule has 0 aliphatic carbocycles. The minimum atomic E-state index is -0.653. The summed E-state index contributed by atoms with van der Waals surface area (Å²) < 4.78 is 0. The molecule has 0 spiro atoms. The molecule has 2 N–H and O–H groups in total. The number of anilines is 1. The van der Waals surface area contributed by atoms with Gasteiger partial charge in [-0.3, -0.25) is 9.59 Å². The molecule has 0 aliphatic rings. The number of nitrogens with one attached hydrogen (secondary N) is 1. The van der Waals surface area contributed by atoms with Crippen molar-refractivity contribution in [2.75, 3.05) is 18.9 Å². The number of carbonyl (C=O) groups excluding carboxylic acids is 2. The predicted molar refractivity (Wildman–Crippen MR) is 100 cm³/mol. The molecule has 5 nitrogen and oxygen atoms in total. The van der Waals surface area contributed by atoms with E-state index in [-0.39, 0.29) is 0 Å². The Labute approximate surface area is 148 Å². The molecule has 0 heterocycles. The van der Waals surface area contributed by atoms with Crippen LogP contribution in [0.4, 0.5) is 5.69 Å². The third-order valence-electron chi connectivity index (χ3n) is 3.69. The monoisotopic (exact) mass is 352 g/mol. The molecule has 1 atom stereocenters. The number of hydrogen-bond donors (Lipinski definition) is 2. The van der Waals surface area contributed by atoms with E-state index >= 15 is 0 Å². The first-order valence-electron chi connectivity index (χ1n) is 8.17. The van der Waals surface area contributed by atoms with Crippen molar-refractivity contribution >= 4 is 29.3 Å². The molecule has 0 bridgehead atoms. The summed E-state index contributed by atoms with van der Waals surface area (Å²) in [5, 5.41) is 12.5. The normalized spacial score (nSPS) is 12.1. The molecule has 2 amide bonds. The Kier molecular flexibility index (Phi) is 8.28. The summed E-state index contributed by atoms with van der Waals surface area (Å²) in [4.78, 5) is 25.6. The van der Waals surface area contributed by atoms with Crippen LogP contribution in [-0.2, 0) is 15.3 Å². The Morgan fingerprint density at radius 1 is 1.29 bits per heavy atom. The molecule has 0 saturated carbocycles. The van der Waals surface area contributed by atoms with Gasteiger partial charge in [0, 0.05) is 25.0 Å². The van der Waals surface area contributed by atoms with Gasteiger partial charge in [0.15, 0.2) is 0 Å². The van der Waals surface area contributed by atoms with E-state index in [0.717, 1.165) is 16.9 Å². The number of nitrogens with zero attached hydrogens (tertiary/aromatic N) is 1. The van der Waals surface area contributed by atoms with Crippen molar-refractivity contribution in [3.8, 4) is 0 Å². The van der Waals surface area contributed by atoms with Gasteiger partial charge in [-0.15, -0.1) is 0 Å². The minimum Gasteiger partial charge on any atom is -0.393 e. The van der Waals surface area contributed by atoms with Gasteiger partial charge in [-0.2, -0.15) is 11.8 Å². The van der Waals surface area contributed by atoms with Crippen molar-refractivity contribution in [2.45, 2.75) is 51.2 Å². The van der Waals surface area contributed by atoms with E-state index in [4.69, 9.17) is 0 Å². The fourth-order valence-corrected chi connectivity index (χ4v) is 2.89. The van der Waals surface area contributed by atoms with Gasteiger partial charge in [-0.25, -0.2) is 0 Å². The summed E-state index contributed by atoms with van der Waals surface area (Å²) in [7, 11) is 1.56. The van der Waals surface area contributed by atoms with Gasteiger partial charge in [0.2, 0.25) is 0 Å². The third-order valence-corrected chi connectivity index (χ3v) is 4.83. The third kappa shape index (κ3) is 6.53. The van der Waals surface area contributed by atoms with E-state index in [1.54, 1.807) is 20.0 Å². The second-order valence-corrected chi connectivity index (χ2v) is 7.83. The first-order valence-corrected chi connectivity index (χ1v) is 9.21. The van der Waals surface area contributed by atoms with Crippen LogP contribution in [0.15, 0.2) is 18.2 Å². The van der Waals surface area contributed by atoms with Gasteiger partial charge < -0.3 is 15.3 Å². The number of rotatable bonds is 7. The topological polar surface area (TPSA) is 69.6 Å². The lowest BCUT2D eigenvalue weighted by Gasteiger charge is -2.18. The van der Waals surface area contributed by atoms with Crippen molar-refractivity contribution < 1.29 is 14.7 Å². The second kappa shape index (κ2) is 9.69. The molecule has 0 aromatic heterocycles. The standard InChI is InChI=1S/C18H28N2O3S/c1-12(2)24-11-15-7-6-8-16(14(15)4)19-17(22)18(23)20(5)10-9-13(3)21/h6-8,12-13,21H,9-11H2,1-5H3,(H,19,22). The number of hydrogen-bond acceptors (Lipinski definition) is 4. The van der Waals surface area contributed by atoms with Crippen molar-refractivity contribution in [1.29, 1.82) is 0 Å². The number of likely N-dealkylation sites (N-methyl/N-ethyl adjacent to an activating group) is 1. The van der Waals surface area contributed by atoms with Crippen LogP contribution in [0.5, 0.6) is 0 Å². The Bertz CT molecular complexity index is 573. The van der Waals surface area contributed by atoms with Crippen molar-refractivity contribution in [2.24, 2.45) is 0 Å². The SMILES string of the molecule is Cc1c(CSC(C)C)cccc1NC(=O)C(=O)N(C)CCC(C)O. The zero-order valence-corrected chi connectivity index (χ0v) is 15.9. The van der Waals surface area contributed by atoms with Gasteiger partial charge in [-0.05, 0) is 42.7 Å². The molecular weight excluding hydrogens is 324 g/mol. The van der Waals surface area contributed by atoms with Crippen molar-refractivity contribution in [1.82, 2.24) is 4.90 Å². The lowest BCUT2D eigenvalue weighted by atomic mass is 10.1. The van der Waals surface area contributed by atoms with Crippen molar-refractivity contribution in [3.63, 3.8) is 0 Å². The average Bonchev–Trinajstić information content (AvgIpc) is 2.52. The molecule has 0 aliphatic heterocycles. The molecule has 1 unspecified atom stereocenters. The summed E-state index contributed by atoms with van der Waals surface area (Å²) >= 11 is 1.84. The molecule has 24 heavy (non-hydrogen) atoms. The van der Waals surface area contributed by atoms with Crippen LogP contribution < -0.4 is 5.32 Å². The maximum atomic E-state index is 12.2. The smallest absolute Gasteiger partial charge is 0.313 e. The van der Waals surface area contributed by atoms with E-state index < -0.39 is 17.9 Å². The Balaban J connectivity index is 2.72. The summed E-state index contributed by atoms with van der Waals surface area (Å²) in [5.41, 5.74) is 2.80. The largest absolute Gasteiger partial charge is 0.393 e. The van der Waals surface area contributed by atoms with Gasteiger partial charge in [-0.1, -0.05) is 26.0 Å². The Morgan fingerprint density at radius 3 is 2.54 bits per heavy atom. The highest BCUT2D eigenvalue weighted by atomic mass is 32.2. The van der Waals surface area contributed by atoms with E-state index in [9.17, 15) is 14.7 Å². The second-order valence-electron chi connectivity index (χ2n) is 6.27. The van der Waals surface area contributed by atoms with Crippen molar-refractivity contribution in [3.05, 3.63) is 29.3 Å². The molecule has 0 fully saturated rings. The average molecular weight is 353 g/mol. The maximum absolute atomic E-state index is 12.2. The summed E-state index contributed by atoms with van der Waals surface area (Å²) in [6, 6.07) is 5.73.